The van der Waals surface area contributed by atoms with Gasteiger partial charge in [-0.25, -0.2) is 4.79 Å². The number of methoxy groups -OCH3 is 1. The van der Waals surface area contributed by atoms with Crippen LogP contribution in [0.4, 0.5) is 0 Å². The molecule has 3 aromatic rings. The molecule has 0 saturated carbocycles. The molecule has 1 aromatic carbocycles. The molecule has 2 aromatic heterocycles. The highest BCUT2D eigenvalue weighted by atomic mass is 16.5. The summed E-state index contributed by atoms with van der Waals surface area (Å²) in [5.74, 6) is 0.0216. The molecule has 1 aliphatic heterocycles. The van der Waals surface area contributed by atoms with Crippen LogP contribution in [0.15, 0.2) is 51.7 Å². The van der Waals surface area contributed by atoms with E-state index in [9.17, 15) is 14.4 Å². The molecule has 0 bridgehead atoms. The number of hydrogen-bond acceptors (Lipinski definition) is 6. The first-order chi connectivity index (χ1) is 13.9. The molecule has 0 fully saturated rings. The first-order valence-corrected chi connectivity index (χ1v) is 9.08. The van der Waals surface area contributed by atoms with Crippen LogP contribution < -0.4 is 10.3 Å². The lowest BCUT2D eigenvalue weighted by molar-refractivity contribution is -0.135. The van der Waals surface area contributed by atoms with Crippen molar-refractivity contribution in [1.29, 1.82) is 0 Å². The maximum Gasteiger partial charge on any atom is 0.337 e. The topological polar surface area (TPSA) is 87.7 Å². The van der Waals surface area contributed by atoms with Gasteiger partial charge in [-0.1, -0.05) is 12.1 Å². The standard InChI is InChI=1S/C22H19NO6/c1-12-10-18-20(21(25)23(12)2)15(11-19(24)29-18)17-9-8-16(28-17)13-4-6-14(7-5-13)22(26)27-3/h4-10,15H,11H2,1-3H3/t15-/m0/s1. The first-order valence-electron chi connectivity index (χ1n) is 9.08. The van der Waals surface area contributed by atoms with Gasteiger partial charge in [-0.05, 0) is 31.2 Å². The van der Waals surface area contributed by atoms with Crippen molar-refractivity contribution in [2.45, 2.75) is 19.3 Å². The normalized spacial score (nSPS) is 15.6. The minimum Gasteiger partial charge on any atom is -0.465 e. The molecule has 0 N–H and O–H groups in total. The Hall–Kier alpha value is -3.61. The van der Waals surface area contributed by atoms with E-state index in [1.165, 1.54) is 11.7 Å². The van der Waals surface area contributed by atoms with E-state index in [1.807, 2.05) is 0 Å². The van der Waals surface area contributed by atoms with Gasteiger partial charge in [-0.15, -0.1) is 0 Å². The number of rotatable bonds is 3. The molecule has 0 amide bonds. The van der Waals surface area contributed by atoms with Gasteiger partial charge in [0.2, 0.25) is 0 Å². The minimum atomic E-state index is -0.520. The van der Waals surface area contributed by atoms with E-state index in [-0.39, 0.29) is 17.7 Å². The number of fused-ring (bicyclic) bond motifs is 1. The number of benzene rings is 1. The number of carbonyl (C=O) groups is 2. The Morgan fingerprint density at radius 3 is 2.55 bits per heavy atom. The Kier molecular flexibility index (Phi) is 4.58. The second kappa shape index (κ2) is 7.09. The van der Waals surface area contributed by atoms with Crippen LogP contribution >= 0.6 is 0 Å². The van der Waals surface area contributed by atoms with E-state index in [2.05, 4.69) is 0 Å². The van der Waals surface area contributed by atoms with Crippen LogP contribution in [0.5, 0.6) is 5.75 Å². The van der Waals surface area contributed by atoms with Crippen LogP contribution in [0.25, 0.3) is 11.3 Å². The second-order valence-corrected chi connectivity index (χ2v) is 6.93. The van der Waals surface area contributed by atoms with Gasteiger partial charge in [0.25, 0.3) is 5.56 Å². The van der Waals surface area contributed by atoms with Gasteiger partial charge in [-0.3, -0.25) is 9.59 Å². The summed E-state index contributed by atoms with van der Waals surface area (Å²) in [4.78, 5) is 36.5. The SMILES string of the molecule is COC(=O)c1ccc(-c2ccc([C@@H]3CC(=O)Oc4cc(C)n(C)c(=O)c43)o2)cc1. The molecule has 7 heteroatoms. The Bertz CT molecular complexity index is 1170. The van der Waals surface area contributed by atoms with E-state index in [4.69, 9.17) is 13.9 Å². The number of hydrogen-bond donors (Lipinski definition) is 0. The van der Waals surface area contributed by atoms with Gasteiger partial charge in [-0.2, -0.15) is 0 Å². The van der Waals surface area contributed by atoms with Gasteiger partial charge >= 0.3 is 11.9 Å². The Labute approximate surface area is 166 Å². The third-order valence-corrected chi connectivity index (χ3v) is 5.17. The molecule has 1 atom stereocenters. The lowest BCUT2D eigenvalue weighted by atomic mass is 9.91. The molecule has 0 aliphatic carbocycles. The number of aryl methyl sites for hydroxylation is 1. The van der Waals surface area contributed by atoms with Gasteiger partial charge in [0.1, 0.15) is 17.3 Å². The Balaban J connectivity index is 1.72. The van der Waals surface area contributed by atoms with Crippen molar-refractivity contribution >= 4 is 11.9 Å². The smallest absolute Gasteiger partial charge is 0.337 e. The fraction of sp³-hybridized carbons (Fsp3) is 0.227. The van der Waals surface area contributed by atoms with Crippen molar-refractivity contribution in [3.05, 3.63) is 75.4 Å². The van der Waals surface area contributed by atoms with E-state index in [0.29, 0.717) is 28.3 Å². The molecular formula is C22H19NO6. The number of carbonyl (C=O) groups excluding carboxylic acids is 2. The predicted octanol–water partition coefficient (Wildman–Crippen LogP) is 3.18. The number of pyridine rings is 1. The van der Waals surface area contributed by atoms with Gasteiger partial charge in [0.15, 0.2) is 0 Å². The van der Waals surface area contributed by atoms with Crippen LogP contribution in [0, 0.1) is 6.92 Å². The van der Waals surface area contributed by atoms with Gasteiger partial charge in [0.05, 0.1) is 30.6 Å². The Morgan fingerprint density at radius 2 is 1.86 bits per heavy atom. The third-order valence-electron chi connectivity index (χ3n) is 5.17. The van der Waals surface area contributed by atoms with Crippen molar-refractivity contribution in [3.8, 4) is 17.1 Å². The third kappa shape index (κ3) is 3.24. The van der Waals surface area contributed by atoms with Crippen molar-refractivity contribution in [2.24, 2.45) is 7.05 Å². The predicted molar refractivity (Wildman–Crippen MR) is 104 cm³/mol. The molecule has 29 heavy (non-hydrogen) atoms. The molecule has 3 heterocycles. The number of nitrogens with zero attached hydrogens (tertiary/aromatic N) is 1. The van der Waals surface area contributed by atoms with E-state index >= 15 is 0 Å². The quantitative estimate of drug-likeness (QED) is 0.635. The summed E-state index contributed by atoms with van der Waals surface area (Å²) in [6, 6.07) is 12.0. The van der Waals surface area contributed by atoms with Crippen LogP contribution in [-0.4, -0.2) is 23.6 Å². The highest BCUT2D eigenvalue weighted by molar-refractivity contribution is 5.89. The highest BCUT2D eigenvalue weighted by Crippen LogP contribution is 2.38. The van der Waals surface area contributed by atoms with E-state index in [1.54, 1.807) is 56.4 Å². The summed E-state index contributed by atoms with van der Waals surface area (Å²) in [7, 11) is 3.01. The van der Waals surface area contributed by atoms with Crippen LogP contribution in [0.1, 0.15) is 39.7 Å². The second-order valence-electron chi connectivity index (χ2n) is 6.93. The number of esters is 2. The largest absolute Gasteiger partial charge is 0.465 e. The fourth-order valence-electron chi connectivity index (χ4n) is 3.48. The lowest BCUT2D eigenvalue weighted by Crippen LogP contribution is -2.31. The van der Waals surface area contributed by atoms with Gasteiger partial charge in [0, 0.05) is 24.4 Å². The zero-order valence-corrected chi connectivity index (χ0v) is 16.2. The molecule has 0 spiro atoms. The molecule has 0 unspecified atom stereocenters. The van der Waals surface area contributed by atoms with E-state index < -0.39 is 17.9 Å². The zero-order chi connectivity index (χ0) is 20.7. The van der Waals surface area contributed by atoms with Crippen molar-refractivity contribution in [2.75, 3.05) is 7.11 Å². The Morgan fingerprint density at radius 1 is 1.14 bits per heavy atom. The lowest BCUT2D eigenvalue weighted by Gasteiger charge is -2.23. The molecule has 0 saturated heterocycles. The summed E-state index contributed by atoms with van der Waals surface area (Å²) in [5.41, 5.74) is 2.11. The van der Waals surface area contributed by atoms with Crippen LogP contribution in [0.2, 0.25) is 0 Å². The highest BCUT2D eigenvalue weighted by Gasteiger charge is 2.34. The van der Waals surface area contributed by atoms with Crippen molar-refractivity contribution < 1.29 is 23.5 Å². The molecule has 148 valence electrons. The average molecular weight is 393 g/mol. The molecule has 7 nitrogen and oxygen atoms in total. The van der Waals surface area contributed by atoms with Crippen LogP contribution in [0.3, 0.4) is 0 Å². The molecule has 4 rings (SSSR count). The van der Waals surface area contributed by atoms with E-state index in [0.717, 1.165) is 5.56 Å². The molecule has 1 aliphatic rings. The summed E-state index contributed by atoms with van der Waals surface area (Å²) in [6.45, 7) is 1.78. The molecule has 0 radical (unpaired) electrons. The van der Waals surface area contributed by atoms with Crippen molar-refractivity contribution in [1.82, 2.24) is 4.57 Å². The first kappa shape index (κ1) is 18.7. The summed E-state index contributed by atoms with van der Waals surface area (Å²) >= 11 is 0. The monoisotopic (exact) mass is 393 g/mol. The zero-order valence-electron chi connectivity index (χ0n) is 16.2. The van der Waals surface area contributed by atoms with Crippen LogP contribution in [-0.2, 0) is 16.6 Å². The summed E-state index contributed by atoms with van der Waals surface area (Å²) in [5, 5.41) is 0. The van der Waals surface area contributed by atoms with Crippen molar-refractivity contribution in [3.63, 3.8) is 0 Å². The fourth-order valence-corrected chi connectivity index (χ4v) is 3.48. The summed E-state index contributed by atoms with van der Waals surface area (Å²) in [6.07, 6.45) is 0.0273. The summed E-state index contributed by atoms with van der Waals surface area (Å²) < 4.78 is 17.5. The number of aromatic nitrogens is 1. The molecular weight excluding hydrogens is 374 g/mol. The average Bonchev–Trinajstić information content (AvgIpc) is 3.21. The minimum absolute atomic E-state index is 0.0273. The maximum absolute atomic E-state index is 12.8. The number of furan rings is 1. The number of ether oxygens (including phenoxy) is 2. The maximum atomic E-state index is 12.8. The van der Waals surface area contributed by atoms with Gasteiger partial charge < -0.3 is 18.5 Å².